The molecular formula is C19H29N3O4S. The Kier molecular flexibility index (Phi) is 7.23. The van der Waals surface area contributed by atoms with Gasteiger partial charge in [0.2, 0.25) is 5.91 Å². The number of carbonyl (C=O) groups is 1. The number of amides is 1. The Hall–Kier alpha value is -1.48. The van der Waals surface area contributed by atoms with E-state index in [0.29, 0.717) is 45.8 Å². The quantitative estimate of drug-likeness (QED) is 0.700. The molecule has 2 aliphatic heterocycles. The fourth-order valence-corrected chi connectivity index (χ4v) is 5.26. The molecule has 7 nitrogen and oxygen atoms in total. The van der Waals surface area contributed by atoms with Gasteiger partial charge >= 0.3 is 0 Å². The lowest BCUT2D eigenvalue weighted by atomic mass is 9.99. The number of aryl methyl sites for hydroxylation is 1. The van der Waals surface area contributed by atoms with Crippen LogP contribution in [0.3, 0.4) is 0 Å². The third-order valence-corrected chi connectivity index (χ3v) is 7.16. The van der Waals surface area contributed by atoms with Crippen molar-refractivity contribution in [1.82, 2.24) is 13.9 Å². The average Bonchev–Trinajstić information content (AvgIpc) is 2.72. The average molecular weight is 396 g/mol. The van der Waals surface area contributed by atoms with E-state index in [1.54, 1.807) is 0 Å². The summed E-state index contributed by atoms with van der Waals surface area (Å²) >= 11 is 0. The normalized spacial score (nSPS) is 22.4. The number of nitrogens with one attached hydrogen (secondary N) is 1. The molecule has 1 atom stereocenters. The van der Waals surface area contributed by atoms with E-state index in [-0.39, 0.29) is 18.4 Å². The van der Waals surface area contributed by atoms with E-state index in [4.69, 9.17) is 4.74 Å². The Labute approximate surface area is 161 Å². The van der Waals surface area contributed by atoms with Crippen molar-refractivity contribution in [1.29, 1.82) is 0 Å². The van der Waals surface area contributed by atoms with Gasteiger partial charge in [-0.15, -0.1) is 0 Å². The smallest absolute Gasteiger partial charge is 0.282 e. The first kappa shape index (κ1) is 20.3. The van der Waals surface area contributed by atoms with Gasteiger partial charge in [-0.05, 0) is 31.2 Å². The highest BCUT2D eigenvalue weighted by Gasteiger charge is 2.36. The fraction of sp³-hybridized carbons (Fsp3) is 0.632. The molecule has 2 saturated heterocycles. The molecule has 1 unspecified atom stereocenters. The van der Waals surface area contributed by atoms with Crippen molar-refractivity contribution in [2.45, 2.75) is 25.7 Å². The zero-order valence-corrected chi connectivity index (χ0v) is 16.5. The third kappa shape index (κ3) is 5.51. The van der Waals surface area contributed by atoms with Crippen LogP contribution in [0.15, 0.2) is 30.3 Å². The second-order valence-electron chi connectivity index (χ2n) is 7.10. The van der Waals surface area contributed by atoms with Crippen LogP contribution in [0.5, 0.6) is 0 Å². The summed E-state index contributed by atoms with van der Waals surface area (Å²) in [5.41, 5.74) is 1.26. The van der Waals surface area contributed by atoms with E-state index >= 15 is 0 Å². The summed E-state index contributed by atoms with van der Waals surface area (Å²) in [4.78, 5) is 12.5. The zero-order valence-electron chi connectivity index (χ0n) is 15.7. The highest BCUT2D eigenvalue weighted by atomic mass is 32.2. The summed E-state index contributed by atoms with van der Waals surface area (Å²) < 4.78 is 33.8. The van der Waals surface area contributed by atoms with Crippen molar-refractivity contribution in [3.05, 3.63) is 35.9 Å². The predicted octanol–water partition coefficient (Wildman–Crippen LogP) is 1.02. The Morgan fingerprint density at radius 3 is 2.59 bits per heavy atom. The molecule has 0 aliphatic carbocycles. The van der Waals surface area contributed by atoms with Gasteiger partial charge in [-0.25, -0.2) is 0 Å². The first-order valence-corrected chi connectivity index (χ1v) is 11.1. The number of ether oxygens (including phenoxy) is 1. The van der Waals surface area contributed by atoms with Gasteiger partial charge in [-0.3, -0.25) is 4.79 Å². The van der Waals surface area contributed by atoms with Gasteiger partial charge in [0.05, 0.1) is 19.1 Å². The van der Waals surface area contributed by atoms with Crippen LogP contribution in [-0.4, -0.2) is 68.9 Å². The molecule has 27 heavy (non-hydrogen) atoms. The lowest BCUT2D eigenvalue weighted by Crippen LogP contribution is -2.53. The van der Waals surface area contributed by atoms with E-state index in [2.05, 4.69) is 17.4 Å². The Bertz CT molecular complexity index is 705. The van der Waals surface area contributed by atoms with Gasteiger partial charge < -0.3 is 10.1 Å². The van der Waals surface area contributed by atoms with Crippen LogP contribution in [0.1, 0.15) is 24.8 Å². The summed E-state index contributed by atoms with van der Waals surface area (Å²) in [6, 6.07) is 10.2. The second kappa shape index (κ2) is 9.64. The molecule has 0 saturated carbocycles. The van der Waals surface area contributed by atoms with E-state index in [1.165, 1.54) is 14.2 Å². The summed E-state index contributed by atoms with van der Waals surface area (Å²) in [6.45, 7) is 2.99. The van der Waals surface area contributed by atoms with Crippen LogP contribution < -0.4 is 5.32 Å². The number of morpholine rings is 1. The van der Waals surface area contributed by atoms with Gasteiger partial charge in [0.1, 0.15) is 0 Å². The molecule has 2 fully saturated rings. The van der Waals surface area contributed by atoms with Crippen molar-refractivity contribution in [2.75, 3.05) is 45.9 Å². The van der Waals surface area contributed by atoms with Gasteiger partial charge in [0, 0.05) is 32.7 Å². The first-order chi connectivity index (χ1) is 13.1. The van der Waals surface area contributed by atoms with Crippen molar-refractivity contribution in [3.8, 4) is 0 Å². The number of carbonyl (C=O) groups excluding carboxylic acids is 1. The number of rotatable bonds is 7. The number of nitrogens with zero attached hydrogens (tertiary/aromatic N) is 2. The maximum absolute atomic E-state index is 12.8. The minimum atomic E-state index is -3.51. The molecule has 8 heteroatoms. The highest BCUT2D eigenvalue weighted by Crippen LogP contribution is 2.22. The van der Waals surface area contributed by atoms with E-state index in [9.17, 15) is 13.2 Å². The Morgan fingerprint density at radius 2 is 1.85 bits per heavy atom. The minimum absolute atomic E-state index is 0.0371. The van der Waals surface area contributed by atoms with Gasteiger partial charge in [-0.2, -0.15) is 17.0 Å². The molecule has 1 aromatic rings. The predicted molar refractivity (Wildman–Crippen MR) is 103 cm³/mol. The van der Waals surface area contributed by atoms with Crippen LogP contribution >= 0.6 is 0 Å². The summed E-state index contributed by atoms with van der Waals surface area (Å²) in [5.74, 6) is -0.309. The molecule has 1 aromatic carbocycles. The Balaban J connectivity index is 1.46. The standard InChI is InChI=1S/C19H29N3O4S/c23-19(20-10-4-8-17-6-2-1-3-7-17)18-9-5-11-22(16-18)27(24,25)21-12-14-26-15-13-21/h1-3,6-7,18H,4-5,8-16H2,(H,20,23). The molecule has 2 aliphatic rings. The molecule has 3 rings (SSSR count). The first-order valence-electron chi connectivity index (χ1n) is 9.72. The number of piperidine rings is 1. The Morgan fingerprint density at radius 1 is 1.11 bits per heavy atom. The van der Waals surface area contributed by atoms with Crippen molar-refractivity contribution in [2.24, 2.45) is 5.92 Å². The SMILES string of the molecule is O=C(NCCCc1ccccc1)C1CCCN(S(=O)(=O)N2CCOCC2)C1. The monoisotopic (exact) mass is 395 g/mol. The van der Waals surface area contributed by atoms with Crippen LogP contribution in [0.2, 0.25) is 0 Å². The van der Waals surface area contributed by atoms with Gasteiger partial charge in [0.15, 0.2) is 0 Å². The highest BCUT2D eigenvalue weighted by molar-refractivity contribution is 7.86. The van der Waals surface area contributed by atoms with Crippen LogP contribution in [0, 0.1) is 5.92 Å². The molecule has 1 N–H and O–H groups in total. The summed E-state index contributed by atoms with van der Waals surface area (Å²) in [6.07, 6.45) is 3.24. The van der Waals surface area contributed by atoms with E-state index < -0.39 is 10.2 Å². The summed E-state index contributed by atoms with van der Waals surface area (Å²) in [5, 5.41) is 2.98. The van der Waals surface area contributed by atoms with Crippen LogP contribution in [0.4, 0.5) is 0 Å². The molecule has 150 valence electrons. The minimum Gasteiger partial charge on any atom is -0.379 e. The van der Waals surface area contributed by atoms with Gasteiger partial charge in [0.25, 0.3) is 10.2 Å². The molecule has 0 aromatic heterocycles. The van der Waals surface area contributed by atoms with E-state index in [1.807, 2.05) is 18.2 Å². The maximum Gasteiger partial charge on any atom is 0.282 e. The lowest BCUT2D eigenvalue weighted by molar-refractivity contribution is -0.126. The third-order valence-electron chi connectivity index (χ3n) is 5.16. The number of hydrogen-bond acceptors (Lipinski definition) is 4. The lowest BCUT2D eigenvalue weighted by Gasteiger charge is -2.36. The van der Waals surface area contributed by atoms with Crippen molar-refractivity contribution in [3.63, 3.8) is 0 Å². The van der Waals surface area contributed by atoms with Crippen molar-refractivity contribution < 1.29 is 17.9 Å². The van der Waals surface area contributed by atoms with Crippen molar-refractivity contribution >= 4 is 16.1 Å². The fourth-order valence-electron chi connectivity index (χ4n) is 3.60. The van der Waals surface area contributed by atoms with Crippen LogP contribution in [-0.2, 0) is 26.2 Å². The topological polar surface area (TPSA) is 79.0 Å². The zero-order chi connectivity index (χ0) is 19.1. The molecule has 0 spiro atoms. The molecule has 0 radical (unpaired) electrons. The molecular weight excluding hydrogens is 366 g/mol. The molecule has 1 amide bonds. The largest absolute Gasteiger partial charge is 0.379 e. The number of hydrogen-bond donors (Lipinski definition) is 1. The van der Waals surface area contributed by atoms with E-state index in [0.717, 1.165) is 19.3 Å². The molecule has 2 heterocycles. The number of benzene rings is 1. The maximum atomic E-state index is 12.8. The van der Waals surface area contributed by atoms with Gasteiger partial charge in [-0.1, -0.05) is 30.3 Å². The summed E-state index contributed by atoms with van der Waals surface area (Å²) in [7, 11) is -3.51. The molecule has 0 bridgehead atoms. The second-order valence-corrected chi connectivity index (χ2v) is 9.03. The van der Waals surface area contributed by atoms with Crippen LogP contribution in [0.25, 0.3) is 0 Å².